The van der Waals surface area contributed by atoms with Crippen LogP contribution in [0.5, 0.6) is 0 Å². The number of carbonyl (C=O) groups is 1. The highest BCUT2D eigenvalue weighted by Crippen LogP contribution is 2.27. The molecule has 0 radical (unpaired) electrons. The van der Waals surface area contributed by atoms with Gasteiger partial charge in [0.1, 0.15) is 0 Å². The number of carboxylic acids is 1. The lowest BCUT2D eigenvalue weighted by atomic mass is 10.3. The lowest BCUT2D eigenvalue weighted by molar-refractivity contribution is 0.0691. The first-order valence-electron chi connectivity index (χ1n) is 3.92. The van der Waals surface area contributed by atoms with Gasteiger partial charge in [-0.2, -0.15) is 0 Å². The highest BCUT2D eigenvalue weighted by molar-refractivity contribution is 7.13. The first-order valence-corrected chi connectivity index (χ1v) is 4.79. The van der Waals surface area contributed by atoms with Crippen LogP contribution in [-0.2, 0) is 0 Å². The standard InChI is InChI=1S/C9H7NO3S/c1-5-2-3-13-7(5)8-10-6(4-14-8)9(11)12/h2-4H,1H3,(H,11,12). The summed E-state index contributed by atoms with van der Waals surface area (Å²) < 4.78 is 5.20. The van der Waals surface area contributed by atoms with E-state index >= 15 is 0 Å². The number of nitrogens with zero attached hydrogens (tertiary/aromatic N) is 1. The molecule has 2 rings (SSSR count). The summed E-state index contributed by atoms with van der Waals surface area (Å²) in [5.41, 5.74) is 1.01. The molecule has 0 aliphatic rings. The summed E-state index contributed by atoms with van der Waals surface area (Å²) >= 11 is 1.26. The molecule has 4 nitrogen and oxygen atoms in total. The Morgan fingerprint density at radius 2 is 2.43 bits per heavy atom. The molecule has 72 valence electrons. The van der Waals surface area contributed by atoms with Gasteiger partial charge in [-0.25, -0.2) is 9.78 Å². The van der Waals surface area contributed by atoms with Crippen molar-refractivity contribution in [3.05, 3.63) is 29.0 Å². The molecule has 14 heavy (non-hydrogen) atoms. The van der Waals surface area contributed by atoms with Crippen molar-refractivity contribution in [3.63, 3.8) is 0 Å². The van der Waals surface area contributed by atoms with E-state index in [0.717, 1.165) is 5.56 Å². The molecule has 0 atom stereocenters. The molecular formula is C9H7NO3S. The van der Waals surface area contributed by atoms with Crippen LogP contribution < -0.4 is 0 Å². The molecule has 0 amide bonds. The van der Waals surface area contributed by atoms with Gasteiger partial charge in [0.15, 0.2) is 16.5 Å². The normalized spacial score (nSPS) is 10.4. The molecule has 0 spiro atoms. The van der Waals surface area contributed by atoms with E-state index in [-0.39, 0.29) is 5.69 Å². The Hall–Kier alpha value is -1.62. The molecule has 0 aliphatic carbocycles. The van der Waals surface area contributed by atoms with Crippen molar-refractivity contribution in [2.45, 2.75) is 6.92 Å². The molecule has 2 aromatic heterocycles. The second-order valence-corrected chi connectivity index (χ2v) is 3.63. The number of aromatic carboxylic acids is 1. The van der Waals surface area contributed by atoms with Crippen molar-refractivity contribution in [1.82, 2.24) is 4.98 Å². The first kappa shape index (κ1) is 8.96. The summed E-state index contributed by atoms with van der Waals surface area (Å²) in [6, 6.07) is 1.82. The molecule has 0 bridgehead atoms. The van der Waals surface area contributed by atoms with Crippen LogP contribution in [0.4, 0.5) is 0 Å². The van der Waals surface area contributed by atoms with E-state index in [9.17, 15) is 4.79 Å². The van der Waals surface area contributed by atoms with Gasteiger partial charge in [0.25, 0.3) is 0 Å². The summed E-state index contributed by atoms with van der Waals surface area (Å²) in [5, 5.41) is 10.8. The average Bonchev–Trinajstić information content (AvgIpc) is 2.71. The van der Waals surface area contributed by atoms with E-state index in [0.29, 0.717) is 10.8 Å². The number of furan rings is 1. The molecule has 2 heterocycles. The number of hydrogen-bond donors (Lipinski definition) is 1. The van der Waals surface area contributed by atoms with Crippen LogP contribution in [0, 0.1) is 6.92 Å². The van der Waals surface area contributed by atoms with Crippen molar-refractivity contribution in [3.8, 4) is 10.8 Å². The van der Waals surface area contributed by atoms with Crippen molar-refractivity contribution in [2.75, 3.05) is 0 Å². The maximum Gasteiger partial charge on any atom is 0.355 e. The molecular weight excluding hydrogens is 202 g/mol. The summed E-state index contributed by atoms with van der Waals surface area (Å²) in [7, 11) is 0. The summed E-state index contributed by atoms with van der Waals surface area (Å²) in [6.45, 7) is 1.89. The molecule has 5 heteroatoms. The topological polar surface area (TPSA) is 63.3 Å². The summed E-state index contributed by atoms with van der Waals surface area (Å²) in [4.78, 5) is 14.5. The van der Waals surface area contributed by atoms with Gasteiger partial charge in [-0.15, -0.1) is 11.3 Å². The van der Waals surface area contributed by atoms with Gasteiger partial charge in [-0.1, -0.05) is 0 Å². The van der Waals surface area contributed by atoms with Crippen LogP contribution in [0.15, 0.2) is 22.1 Å². The van der Waals surface area contributed by atoms with E-state index in [1.807, 2.05) is 13.0 Å². The third-order valence-electron chi connectivity index (χ3n) is 1.78. The molecule has 0 aromatic carbocycles. The van der Waals surface area contributed by atoms with Crippen LogP contribution in [0.1, 0.15) is 16.1 Å². The maximum atomic E-state index is 10.6. The van der Waals surface area contributed by atoms with Crippen LogP contribution in [0.3, 0.4) is 0 Å². The molecule has 2 aromatic rings. The van der Waals surface area contributed by atoms with Gasteiger partial charge in [0.05, 0.1) is 6.26 Å². The Balaban J connectivity index is 2.43. The summed E-state index contributed by atoms with van der Waals surface area (Å²) in [5.74, 6) is -0.376. The van der Waals surface area contributed by atoms with E-state index < -0.39 is 5.97 Å². The lowest BCUT2D eigenvalue weighted by Gasteiger charge is -1.90. The fraction of sp³-hybridized carbons (Fsp3) is 0.111. The third kappa shape index (κ3) is 1.42. The quantitative estimate of drug-likeness (QED) is 0.824. The van der Waals surface area contributed by atoms with Gasteiger partial charge in [0.2, 0.25) is 0 Å². The van der Waals surface area contributed by atoms with E-state index in [4.69, 9.17) is 9.52 Å². The Kier molecular flexibility index (Phi) is 2.09. The number of rotatable bonds is 2. The van der Waals surface area contributed by atoms with Gasteiger partial charge in [-0.3, -0.25) is 0 Å². The average molecular weight is 209 g/mol. The van der Waals surface area contributed by atoms with Crippen molar-refractivity contribution >= 4 is 17.3 Å². The minimum Gasteiger partial charge on any atom is -0.476 e. The molecule has 0 saturated carbocycles. The van der Waals surface area contributed by atoms with Crippen LogP contribution in [0.2, 0.25) is 0 Å². The summed E-state index contributed by atoms with van der Waals surface area (Å²) in [6.07, 6.45) is 1.56. The molecule has 0 unspecified atom stereocenters. The zero-order valence-corrected chi connectivity index (χ0v) is 8.17. The van der Waals surface area contributed by atoms with E-state index in [1.165, 1.54) is 16.7 Å². The second kappa shape index (κ2) is 3.26. The van der Waals surface area contributed by atoms with Gasteiger partial charge in [0, 0.05) is 5.38 Å². The Labute approximate surface area is 83.8 Å². The number of aryl methyl sites for hydroxylation is 1. The number of thiazole rings is 1. The fourth-order valence-corrected chi connectivity index (χ4v) is 1.91. The predicted octanol–water partition coefficient (Wildman–Crippen LogP) is 2.41. The highest BCUT2D eigenvalue weighted by atomic mass is 32.1. The van der Waals surface area contributed by atoms with Crippen LogP contribution >= 0.6 is 11.3 Å². The van der Waals surface area contributed by atoms with Gasteiger partial charge < -0.3 is 9.52 Å². The fourth-order valence-electron chi connectivity index (χ4n) is 1.07. The Morgan fingerprint density at radius 3 is 2.93 bits per heavy atom. The van der Waals surface area contributed by atoms with E-state index in [1.54, 1.807) is 6.26 Å². The maximum absolute atomic E-state index is 10.6. The number of aromatic nitrogens is 1. The SMILES string of the molecule is Cc1ccoc1-c1nc(C(=O)O)cs1. The van der Waals surface area contributed by atoms with Gasteiger partial charge in [-0.05, 0) is 18.6 Å². The molecule has 0 fully saturated rings. The van der Waals surface area contributed by atoms with Crippen molar-refractivity contribution in [2.24, 2.45) is 0 Å². The zero-order chi connectivity index (χ0) is 10.1. The smallest absolute Gasteiger partial charge is 0.355 e. The largest absolute Gasteiger partial charge is 0.476 e. The Bertz CT molecular complexity index is 472. The third-order valence-corrected chi connectivity index (χ3v) is 2.62. The lowest BCUT2D eigenvalue weighted by Crippen LogP contribution is -1.95. The highest BCUT2D eigenvalue weighted by Gasteiger charge is 2.13. The number of hydrogen-bond acceptors (Lipinski definition) is 4. The van der Waals surface area contributed by atoms with Crippen LogP contribution in [0.25, 0.3) is 10.8 Å². The zero-order valence-electron chi connectivity index (χ0n) is 7.35. The van der Waals surface area contributed by atoms with Crippen LogP contribution in [-0.4, -0.2) is 16.1 Å². The van der Waals surface area contributed by atoms with Gasteiger partial charge >= 0.3 is 5.97 Å². The van der Waals surface area contributed by atoms with Crippen molar-refractivity contribution in [1.29, 1.82) is 0 Å². The Morgan fingerprint density at radius 1 is 1.64 bits per heavy atom. The molecule has 1 N–H and O–H groups in total. The molecule has 0 saturated heterocycles. The second-order valence-electron chi connectivity index (χ2n) is 2.78. The molecule has 0 aliphatic heterocycles. The minimum absolute atomic E-state index is 0.0563. The monoisotopic (exact) mass is 209 g/mol. The number of carboxylic acid groups (broad SMARTS) is 1. The van der Waals surface area contributed by atoms with E-state index in [2.05, 4.69) is 4.98 Å². The minimum atomic E-state index is -1.02. The predicted molar refractivity (Wildman–Crippen MR) is 51.5 cm³/mol. The van der Waals surface area contributed by atoms with Crippen molar-refractivity contribution < 1.29 is 14.3 Å². The first-order chi connectivity index (χ1) is 6.68.